The summed E-state index contributed by atoms with van der Waals surface area (Å²) in [5, 5.41) is 22.2. The third-order valence-electron chi connectivity index (χ3n) is 14.0. The molecule has 0 spiro atoms. The first-order valence-electron chi connectivity index (χ1n) is 24.1. The average Bonchev–Trinajstić information content (AvgIpc) is 3.39. The summed E-state index contributed by atoms with van der Waals surface area (Å²) in [5.41, 5.74) is 5.89. The topological polar surface area (TPSA) is 137 Å². The van der Waals surface area contributed by atoms with Crippen LogP contribution in [0.25, 0.3) is 33.4 Å². The number of amides is 3. The van der Waals surface area contributed by atoms with Crippen molar-refractivity contribution in [2.24, 2.45) is 5.41 Å². The normalized spacial score (nSPS) is 11.7. The van der Waals surface area contributed by atoms with Gasteiger partial charge >= 0.3 is 6.18 Å². The molecule has 0 aliphatic heterocycles. The second-order valence-electron chi connectivity index (χ2n) is 18.7. The lowest BCUT2D eigenvalue weighted by molar-refractivity contribution is -0.137. The van der Waals surface area contributed by atoms with Crippen LogP contribution in [0.4, 0.5) is 35.9 Å². The molecule has 9 nitrogen and oxygen atoms in total. The van der Waals surface area contributed by atoms with Crippen molar-refractivity contribution >= 4 is 46.3 Å². The zero-order valence-electron chi connectivity index (χ0n) is 41.5. The summed E-state index contributed by atoms with van der Waals surface area (Å²) in [6.07, 6.45) is -1.57. The van der Waals surface area contributed by atoms with E-state index in [-0.39, 0.29) is 28.3 Å². The van der Waals surface area contributed by atoms with Crippen LogP contribution >= 0.6 is 0 Å². The lowest BCUT2D eigenvalue weighted by atomic mass is 9.77. The minimum absolute atomic E-state index is 0.0534. The molecule has 7 aromatic rings. The van der Waals surface area contributed by atoms with Gasteiger partial charge in [-0.05, 0) is 157 Å². The Morgan fingerprint density at radius 2 is 0.875 bits per heavy atom. The molecule has 3 amide bonds. The summed E-state index contributed by atoms with van der Waals surface area (Å²) >= 11 is 0. The summed E-state index contributed by atoms with van der Waals surface area (Å²) in [4.78, 5) is 53.0. The molecule has 5 N–H and O–H groups in total. The van der Waals surface area contributed by atoms with E-state index in [2.05, 4.69) is 21.3 Å². The Morgan fingerprint density at radius 1 is 0.472 bits per heavy atom. The molecule has 0 bridgehead atoms. The van der Waals surface area contributed by atoms with Crippen LogP contribution in [0, 0.1) is 12.3 Å². The summed E-state index contributed by atoms with van der Waals surface area (Å²) in [6, 6.07) is 41.7. The Balaban J connectivity index is 0.943. The van der Waals surface area contributed by atoms with Crippen molar-refractivity contribution in [1.82, 2.24) is 0 Å². The summed E-state index contributed by atoms with van der Waals surface area (Å²) < 4.78 is 43.2. The van der Waals surface area contributed by atoms with Crippen molar-refractivity contribution in [2.45, 2.75) is 85.9 Å². The molecule has 0 atom stereocenters. The quantitative estimate of drug-likeness (QED) is 0.0350. The number of Topliss-reactive ketones (excluding diaryl/α,β-unsaturated/α-hetero) is 1. The standard InChI is InChI=1S/C60H59F3N4O5/c1-8-58(6,9-2)54(69)42-20-12-38(13-21-42)39-18-26-45(27-19-39)57(72)66-52-36-47(30-33-53(52)68)65-56(71)44-24-16-41(17-25-44)40-14-22-43(23-15-40)55(70)64-46-28-31-49(37(5)34-46)50-32-29-48(35-51(50)60(61,62)63)67-59(7,10-3)11-4/h12-36,67-68H,8-11H2,1-7H3,(H,64,70)(H,65,71)(H,66,72). The van der Waals surface area contributed by atoms with Gasteiger partial charge < -0.3 is 26.4 Å². The van der Waals surface area contributed by atoms with Crippen molar-refractivity contribution in [1.29, 1.82) is 0 Å². The lowest BCUT2D eigenvalue weighted by Gasteiger charge is -2.30. The van der Waals surface area contributed by atoms with E-state index >= 15 is 0 Å². The molecule has 0 fully saturated rings. The minimum Gasteiger partial charge on any atom is -0.506 e. The SMILES string of the molecule is CCC(C)(CC)Nc1ccc(-c2ccc(NC(=O)c3ccc(-c4ccc(C(=O)Nc5ccc(O)c(NC(=O)c6ccc(-c7ccc(C(=O)C(C)(CC)CC)cc7)cc6)c5)cc4)cc3)cc2C)c(C(F)(F)F)c1. The first-order chi connectivity index (χ1) is 34.3. The number of rotatable bonds is 17. The highest BCUT2D eigenvalue weighted by atomic mass is 19.4. The van der Waals surface area contributed by atoms with E-state index in [0.717, 1.165) is 54.0 Å². The fourth-order valence-electron chi connectivity index (χ4n) is 8.40. The van der Waals surface area contributed by atoms with Crippen LogP contribution < -0.4 is 21.3 Å². The van der Waals surface area contributed by atoms with Crippen LogP contribution in [0.15, 0.2) is 152 Å². The molecule has 7 rings (SSSR count). The zero-order chi connectivity index (χ0) is 52.0. The van der Waals surface area contributed by atoms with Gasteiger partial charge in [-0.15, -0.1) is 0 Å². The van der Waals surface area contributed by atoms with Crippen LogP contribution in [0.2, 0.25) is 0 Å². The number of alkyl halides is 3. The predicted molar refractivity (Wildman–Crippen MR) is 283 cm³/mol. The Kier molecular flexibility index (Phi) is 15.5. The highest BCUT2D eigenvalue weighted by Gasteiger charge is 2.35. The second-order valence-corrected chi connectivity index (χ2v) is 18.7. The molecule has 0 radical (unpaired) electrons. The van der Waals surface area contributed by atoms with E-state index in [1.807, 2.05) is 77.9 Å². The van der Waals surface area contributed by atoms with Crippen molar-refractivity contribution in [3.63, 3.8) is 0 Å². The average molecular weight is 973 g/mol. The summed E-state index contributed by atoms with van der Waals surface area (Å²) in [7, 11) is 0. The van der Waals surface area contributed by atoms with Crippen molar-refractivity contribution in [3.8, 4) is 39.1 Å². The number of hydrogen-bond donors (Lipinski definition) is 5. The number of aromatic hydroxyl groups is 1. The number of ketones is 1. The number of aryl methyl sites for hydroxylation is 1. The van der Waals surface area contributed by atoms with E-state index in [1.165, 1.54) is 24.3 Å². The van der Waals surface area contributed by atoms with Gasteiger partial charge in [0.2, 0.25) is 0 Å². The van der Waals surface area contributed by atoms with E-state index < -0.39 is 34.9 Å². The van der Waals surface area contributed by atoms with E-state index in [9.17, 15) is 37.5 Å². The maximum atomic E-state index is 14.4. The predicted octanol–water partition coefficient (Wildman–Crippen LogP) is 15.5. The number of hydrogen-bond acceptors (Lipinski definition) is 6. The van der Waals surface area contributed by atoms with Crippen LogP contribution in [0.5, 0.6) is 5.75 Å². The highest BCUT2D eigenvalue weighted by Crippen LogP contribution is 2.41. The number of benzene rings is 7. The molecule has 72 heavy (non-hydrogen) atoms. The molecular formula is C60H59F3N4O5. The number of anilines is 4. The van der Waals surface area contributed by atoms with Gasteiger partial charge in [-0.25, -0.2) is 0 Å². The van der Waals surface area contributed by atoms with Gasteiger partial charge in [0.1, 0.15) is 5.75 Å². The Bertz CT molecular complexity index is 3100. The number of carbonyl (C=O) groups is 4. The Labute approximate surface area is 418 Å². The molecule has 0 aromatic heterocycles. The van der Waals surface area contributed by atoms with Gasteiger partial charge in [0.15, 0.2) is 5.78 Å². The van der Waals surface area contributed by atoms with E-state index in [1.54, 1.807) is 91.9 Å². The molecule has 0 heterocycles. The smallest absolute Gasteiger partial charge is 0.417 e. The fourth-order valence-corrected chi connectivity index (χ4v) is 8.40. The van der Waals surface area contributed by atoms with Gasteiger partial charge in [-0.1, -0.05) is 107 Å². The summed E-state index contributed by atoms with van der Waals surface area (Å²) in [6.45, 7) is 13.7. The van der Waals surface area contributed by atoms with Gasteiger partial charge in [-0.3, -0.25) is 19.2 Å². The highest BCUT2D eigenvalue weighted by molar-refractivity contribution is 6.08. The molecular weight excluding hydrogens is 914 g/mol. The number of carbonyl (C=O) groups excluding carboxylic acids is 4. The summed E-state index contributed by atoms with van der Waals surface area (Å²) in [5.74, 6) is -1.34. The third-order valence-corrected chi connectivity index (χ3v) is 14.0. The number of phenols is 1. The fraction of sp³-hybridized carbons (Fsp3) is 0.233. The van der Waals surface area contributed by atoms with Crippen molar-refractivity contribution < 1.29 is 37.5 Å². The first kappa shape index (κ1) is 51.8. The molecule has 0 aliphatic carbocycles. The number of halogens is 3. The number of nitrogens with one attached hydrogen (secondary N) is 4. The Hall–Kier alpha value is -7.99. The van der Waals surface area contributed by atoms with Crippen LogP contribution in [0.3, 0.4) is 0 Å². The monoisotopic (exact) mass is 972 g/mol. The molecule has 0 saturated heterocycles. The van der Waals surface area contributed by atoms with Crippen LogP contribution in [-0.4, -0.2) is 34.2 Å². The van der Waals surface area contributed by atoms with Crippen molar-refractivity contribution in [2.75, 3.05) is 21.3 Å². The van der Waals surface area contributed by atoms with Crippen molar-refractivity contribution in [3.05, 3.63) is 185 Å². The molecule has 7 aromatic carbocycles. The van der Waals surface area contributed by atoms with E-state index in [4.69, 9.17) is 0 Å². The molecule has 0 unspecified atom stereocenters. The lowest BCUT2D eigenvalue weighted by Crippen LogP contribution is -2.33. The molecule has 0 aliphatic rings. The molecule has 12 heteroatoms. The molecule has 370 valence electrons. The van der Waals surface area contributed by atoms with Crippen LogP contribution in [-0.2, 0) is 6.18 Å². The van der Waals surface area contributed by atoms with Gasteiger partial charge in [0.05, 0.1) is 11.3 Å². The van der Waals surface area contributed by atoms with Gasteiger partial charge in [0.25, 0.3) is 17.7 Å². The number of phenolic OH excluding ortho intramolecular Hbond substituents is 1. The third kappa shape index (κ3) is 11.8. The minimum atomic E-state index is -4.59. The largest absolute Gasteiger partial charge is 0.506 e. The van der Waals surface area contributed by atoms with Crippen LogP contribution in [0.1, 0.15) is 120 Å². The van der Waals surface area contributed by atoms with Gasteiger partial charge in [-0.2, -0.15) is 13.2 Å². The first-order valence-corrected chi connectivity index (χ1v) is 24.1. The van der Waals surface area contributed by atoms with E-state index in [0.29, 0.717) is 50.4 Å². The Morgan fingerprint density at radius 3 is 1.31 bits per heavy atom. The maximum absolute atomic E-state index is 14.4. The van der Waals surface area contributed by atoms with Gasteiger partial charge in [0, 0.05) is 50.3 Å². The second kappa shape index (κ2) is 21.6. The maximum Gasteiger partial charge on any atom is 0.417 e. The zero-order valence-corrected chi connectivity index (χ0v) is 41.5. The molecule has 0 saturated carbocycles.